The zero-order chi connectivity index (χ0) is 29.9. The average molecular weight is 561 g/mol. The molecule has 0 N–H and O–H groups in total. The molecule has 0 aliphatic carbocycles. The fraction of sp³-hybridized carbons (Fsp3) is 0.735. The summed E-state index contributed by atoms with van der Waals surface area (Å²) in [4.78, 5) is 39.3. The van der Waals surface area contributed by atoms with Gasteiger partial charge < -0.3 is 14.2 Å². The molecule has 0 heterocycles. The van der Waals surface area contributed by atoms with Gasteiger partial charge in [0.15, 0.2) is 0 Å². The lowest BCUT2D eigenvalue weighted by Crippen LogP contribution is -2.23. The second-order valence-corrected chi connectivity index (χ2v) is 11.1. The van der Waals surface area contributed by atoms with Crippen molar-refractivity contribution in [2.24, 2.45) is 17.8 Å². The van der Waals surface area contributed by atoms with Gasteiger partial charge in [0.2, 0.25) is 0 Å². The Morgan fingerprint density at radius 1 is 0.550 bits per heavy atom. The molecule has 0 saturated carbocycles. The molecule has 0 spiro atoms. The van der Waals surface area contributed by atoms with Crippen LogP contribution < -0.4 is 14.2 Å². The van der Waals surface area contributed by atoms with Crippen molar-refractivity contribution in [2.75, 3.05) is 0 Å². The number of unbranched alkanes of at least 4 members (excludes halogenated alkanes) is 6. The highest BCUT2D eigenvalue weighted by Gasteiger charge is 2.25. The van der Waals surface area contributed by atoms with E-state index in [0.717, 1.165) is 77.0 Å². The Kier molecular flexibility index (Phi) is 18.3. The van der Waals surface area contributed by atoms with Crippen LogP contribution in [0.15, 0.2) is 12.1 Å². The smallest absolute Gasteiger partial charge is 0.314 e. The lowest BCUT2D eigenvalue weighted by Gasteiger charge is -2.20. The molecule has 0 amide bonds. The average Bonchev–Trinajstić information content (AvgIpc) is 2.93. The maximum atomic E-state index is 13.1. The molecule has 1 aromatic carbocycles. The van der Waals surface area contributed by atoms with E-state index in [4.69, 9.17) is 14.2 Å². The largest absolute Gasteiger partial charge is 0.426 e. The maximum Gasteiger partial charge on any atom is 0.314 e. The Morgan fingerprint density at radius 3 is 1.18 bits per heavy atom. The summed E-state index contributed by atoms with van der Waals surface area (Å²) < 4.78 is 17.6. The van der Waals surface area contributed by atoms with Gasteiger partial charge in [-0.15, -0.1) is 0 Å². The van der Waals surface area contributed by atoms with Gasteiger partial charge in [0.1, 0.15) is 17.2 Å². The number of hydrogen-bond acceptors (Lipinski definition) is 6. The first-order valence-electron chi connectivity index (χ1n) is 16.0. The first-order valence-corrected chi connectivity index (χ1v) is 16.0. The van der Waals surface area contributed by atoms with Crippen LogP contribution in [0.3, 0.4) is 0 Å². The highest BCUT2D eigenvalue weighted by molar-refractivity contribution is 5.79. The van der Waals surface area contributed by atoms with Crippen LogP contribution >= 0.6 is 0 Å². The molecule has 6 heteroatoms. The van der Waals surface area contributed by atoms with E-state index >= 15 is 0 Å². The van der Waals surface area contributed by atoms with Crippen LogP contribution in [0, 0.1) is 24.7 Å². The van der Waals surface area contributed by atoms with Crippen molar-refractivity contribution in [1.29, 1.82) is 0 Å². The van der Waals surface area contributed by atoms with Gasteiger partial charge in [-0.05, 0) is 45.4 Å². The molecule has 0 aliphatic heterocycles. The van der Waals surface area contributed by atoms with Crippen LogP contribution in [-0.4, -0.2) is 17.9 Å². The van der Waals surface area contributed by atoms with Crippen LogP contribution in [0.25, 0.3) is 0 Å². The van der Waals surface area contributed by atoms with E-state index in [1.54, 1.807) is 19.1 Å². The first-order chi connectivity index (χ1) is 19.3. The van der Waals surface area contributed by atoms with Gasteiger partial charge in [0.25, 0.3) is 0 Å². The second-order valence-electron chi connectivity index (χ2n) is 11.1. The fourth-order valence-electron chi connectivity index (χ4n) is 4.88. The molecule has 40 heavy (non-hydrogen) atoms. The van der Waals surface area contributed by atoms with Crippen LogP contribution in [0.2, 0.25) is 0 Å². The molecule has 228 valence electrons. The Labute approximate surface area is 243 Å². The standard InChI is InChI=1S/C34H56O6/c1-8-14-17-20-26(11-4)32(35)38-29-23-30(39-33(36)27(12-5)21-18-15-9-2)25(7)31(24-29)40-34(37)28(13-6)22-19-16-10-3/h23-24,26-28H,8-22H2,1-7H3. The van der Waals surface area contributed by atoms with E-state index < -0.39 is 0 Å². The zero-order valence-electron chi connectivity index (χ0n) is 26.4. The Bertz CT molecular complexity index is 839. The number of benzene rings is 1. The van der Waals surface area contributed by atoms with Crippen molar-refractivity contribution < 1.29 is 28.6 Å². The molecule has 0 aliphatic rings. The molecule has 3 unspecified atom stereocenters. The van der Waals surface area contributed by atoms with Gasteiger partial charge in [-0.3, -0.25) is 14.4 Å². The lowest BCUT2D eigenvalue weighted by molar-refractivity contribution is -0.139. The zero-order valence-corrected chi connectivity index (χ0v) is 26.4. The molecule has 0 radical (unpaired) electrons. The normalized spacial score (nSPS) is 13.4. The number of rotatable bonds is 21. The summed E-state index contributed by atoms with van der Waals surface area (Å²) in [5.41, 5.74) is 0.545. The molecular weight excluding hydrogens is 504 g/mol. The quantitative estimate of drug-likeness (QED) is 0.0846. The molecule has 1 rings (SSSR count). The van der Waals surface area contributed by atoms with E-state index in [-0.39, 0.29) is 52.9 Å². The van der Waals surface area contributed by atoms with Crippen molar-refractivity contribution in [3.63, 3.8) is 0 Å². The summed E-state index contributed by atoms with van der Waals surface area (Å²) in [6.07, 6.45) is 13.7. The fourth-order valence-corrected chi connectivity index (χ4v) is 4.88. The number of carbonyl (C=O) groups is 3. The first kappa shape index (κ1) is 35.7. The number of carbonyl (C=O) groups excluding carboxylic acids is 3. The van der Waals surface area contributed by atoms with Crippen molar-refractivity contribution in [1.82, 2.24) is 0 Å². The van der Waals surface area contributed by atoms with E-state index in [9.17, 15) is 14.4 Å². The molecule has 3 atom stereocenters. The third-order valence-corrected chi connectivity index (χ3v) is 7.87. The minimum atomic E-state index is -0.311. The molecule has 0 fully saturated rings. The maximum absolute atomic E-state index is 13.1. The third kappa shape index (κ3) is 12.4. The number of hydrogen-bond donors (Lipinski definition) is 0. The predicted molar refractivity (Wildman–Crippen MR) is 162 cm³/mol. The van der Waals surface area contributed by atoms with Gasteiger partial charge >= 0.3 is 17.9 Å². The van der Waals surface area contributed by atoms with E-state index in [1.165, 1.54) is 0 Å². The van der Waals surface area contributed by atoms with Crippen LogP contribution in [0.4, 0.5) is 0 Å². The second kappa shape index (κ2) is 20.5. The van der Waals surface area contributed by atoms with E-state index in [2.05, 4.69) is 20.8 Å². The van der Waals surface area contributed by atoms with Crippen molar-refractivity contribution in [3.8, 4) is 17.2 Å². The van der Waals surface area contributed by atoms with Gasteiger partial charge in [-0.25, -0.2) is 0 Å². The third-order valence-electron chi connectivity index (χ3n) is 7.87. The minimum Gasteiger partial charge on any atom is -0.426 e. The molecular formula is C34H56O6. The van der Waals surface area contributed by atoms with Crippen LogP contribution in [0.1, 0.15) is 143 Å². The highest BCUT2D eigenvalue weighted by Crippen LogP contribution is 2.36. The summed E-state index contributed by atoms with van der Waals surface area (Å²) in [5.74, 6) is -0.796. The molecule has 0 saturated heterocycles. The minimum absolute atomic E-state index is 0.212. The van der Waals surface area contributed by atoms with E-state index in [0.29, 0.717) is 24.8 Å². The van der Waals surface area contributed by atoms with Crippen molar-refractivity contribution in [3.05, 3.63) is 17.7 Å². The van der Waals surface area contributed by atoms with Gasteiger partial charge in [0.05, 0.1) is 17.8 Å². The Morgan fingerprint density at radius 2 is 0.875 bits per heavy atom. The van der Waals surface area contributed by atoms with Crippen LogP contribution in [-0.2, 0) is 14.4 Å². The number of esters is 3. The van der Waals surface area contributed by atoms with Gasteiger partial charge in [-0.2, -0.15) is 0 Å². The van der Waals surface area contributed by atoms with Gasteiger partial charge in [0, 0.05) is 17.7 Å². The Balaban J connectivity index is 3.27. The predicted octanol–water partition coefficient (Wildman–Crippen LogP) is 9.53. The van der Waals surface area contributed by atoms with Crippen molar-refractivity contribution >= 4 is 17.9 Å². The summed E-state index contributed by atoms with van der Waals surface area (Å²) in [7, 11) is 0. The molecule has 0 aromatic heterocycles. The summed E-state index contributed by atoms with van der Waals surface area (Å²) in [6, 6.07) is 3.16. The molecule has 0 bridgehead atoms. The van der Waals surface area contributed by atoms with E-state index in [1.807, 2.05) is 20.8 Å². The number of ether oxygens (including phenoxy) is 3. The highest BCUT2D eigenvalue weighted by atomic mass is 16.6. The van der Waals surface area contributed by atoms with Crippen molar-refractivity contribution in [2.45, 2.75) is 145 Å². The SMILES string of the molecule is CCCCCC(CC)C(=O)Oc1cc(OC(=O)C(CC)CCCCC)c(C)c(OC(=O)C(CC)CCCCC)c1. The summed E-state index contributed by atoms with van der Waals surface area (Å²) >= 11 is 0. The lowest BCUT2D eigenvalue weighted by atomic mass is 9.98. The summed E-state index contributed by atoms with van der Waals surface area (Å²) in [5, 5.41) is 0. The molecule has 1 aromatic rings. The Hall–Kier alpha value is -2.37. The summed E-state index contributed by atoms with van der Waals surface area (Å²) in [6.45, 7) is 14.1. The monoisotopic (exact) mass is 560 g/mol. The van der Waals surface area contributed by atoms with Gasteiger partial charge in [-0.1, -0.05) is 99.3 Å². The molecule has 6 nitrogen and oxygen atoms in total. The topological polar surface area (TPSA) is 78.9 Å². The van der Waals surface area contributed by atoms with Crippen LogP contribution in [0.5, 0.6) is 17.2 Å².